The molecule has 5 atom stereocenters. The van der Waals surface area contributed by atoms with Crippen molar-refractivity contribution < 1.29 is 38.4 Å². The zero-order valence-corrected chi connectivity index (χ0v) is 30.8. The molecule has 0 bridgehead atoms. The average Bonchev–Trinajstić information content (AvgIpc) is 3.10. The highest BCUT2D eigenvalue weighted by Gasteiger charge is 2.25. The van der Waals surface area contributed by atoms with Gasteiger partial charge in [-0.3, -0.25) is 43.7 Å². The maximum atomic E-state index is 12.6. The Kier molecular flexibility index (Phi) is 21.7. The minimum Gasteiger partial charge on any atom is -0.368 e. The lowest BCUT2D eigenvalue weighted by Gasteiger charge is -2.20. The first kappa shape index (κ1) is 45.3. The Bertz CT molecular complexity index is 1350. The van der Waals surface area contributed by atoms with Gasteiger partial charge >= 0.3 is 0 Å². The third kappa shape index (κ3) is 18.4. The van der Waals surface area contributed by atoms with E-state index in [1.807, 2.05) is 44.2 Å². The van der Waals surface area contributed by atoms with E-state index in [2.05, 4.69) is 62.7 Å². The fourth-order valence-corrected chi connectivity index (χ4v) is 4.84. The largest absolute Gasteiger partial charge is 0.368 e. The Hall–Kier alpha value is -3.72. The minimum atomic E-state index is -1.08. The molecule has 4 amide bonds. The van der Waals surface area contributed by atoms with Crippen LogP contribution in [0.4, 0.5) is 0 Å². The molecule has 0 aliphatic carbocycles. The zero-order chi connectivity index (χ0) is 38.5. The van der Waals surface area contributed by atoms with Crippen LogP contribution >= 0.6 is 25.3 Å². The molecule has 1 aromatic rings. The highest BCUT2D eigenvalue weighted by molar-refractivity contribution is 7.80. The van der Waals surface area contributed by atoms with Crippen molar-refractivity contribution in [2.24, 2.45) is 17.4 Å². The van der Waals surface area contributed by atoms with Crippen molar-refractivity contribution >= 4 is 72.0 Å². The van der Waals surface area contributed by atoms with E-state index in [1.165, 1.54) is 0 Å². The Morgan fingerprint density at radius 1 is 0.706 bits per heavy atom. The van der Waals surface area contributed by atoms with E-state index in [4.69, 9.17) is 11.5 Å². The lowest BCUT2D eigenvalue weighted by Crippen LogP contribution is -2.54. The molecule has 0 aromatic heterocycles. The second-order valence-corrected chi connectivity index (χ2v) is 12.8. The minimum absolute atomic E-state index is 0.0229. The molecule has 0 saturated heterocycles. The molecule has 0 saturated carbocycles. The Morgan fingerprint density at radius 2 is 1.31 bits per heavy atom. The van der Waals surface area contributed by atoms with Crippen LogP contribution in [0, 0.1) is 5.92 Å². The smallest absolute Gasteiger partial charge is 0.243 e. The van der Waals surface area contributed by atoms with Crippen molar-refractivity contribution in [3.63, 3.8) is 0 Å². The van der Waals surface area contributed by atoms with Crippen LogP contribution in [0.5, 0.6) is 0 Å². The number of hydrogen-bond acceptors (Lipinski definition) is 15. The van der Waals surface area contributed by atoms with E-state index < -0.39 is 85.0 Å². The van der Waals surface area contributed by atoms with Crippen LogP contribution in [0.2, 0.25) is 0 Å². The number of nitrogens with one attached hydrogen (secondary N) is 7. The number of primary amides is 1. The number of ketones is 4. The first-order chi connectivity index (χ1) is 24.1. The van der Waals surface area contributed by atoms with Crippen molar-refractivity contribution in [3.8, 4) is 0 Å². The van der Waals surface area contributed by atoms with E-state index in [0.717, 1.165) is 5.56 Å². The molecule has 0 fully saturated rings. The van der Waals surface area contributed by atoms with E-state index in [-0.39, 0.29) is 48.5 Å². The van der Waals surface area contributed by atoms with Gasteiger partial charge in [-0.1, -0.05) is 44.2 Å². The number of carbonyl (C=O) groups excluding carboxylic acids is 8. The second kappa shape index (κ2) is 24.5. The summed E-state index contributed by atoms with van der Waals surface area (Å²) in [6.45, 7) is 3.39. The van der Waals surface area contributed by atoms with Crippen LogP contribution in [-0.4, -0.2) is 121 Å². The highest BCUT2D eigenvalue weighted by Crippen LogP contribution is 2.05. The molecule has 19 heteroatoms. The molecular weight excluding hydrogens is 703 g/mol. The van der Waals surface area contributed by atoms with Crippen LogP contribution < -0.4 is 48.9 Å². The lowest BCUT2D eigenvalue weighted by molar-refractivity contribution is -0.136. The third-order valence-corrected chi connectivity index (χ3v) is 8.10. The molecular formula is C32H51N9O8S2. The van der Waals surface area contributed by atoms with Crippen LogP contribution in [0.3, 0.4) is 0 Å². The summed E-state index contributed by atoms with van der Waals surface area (Å²) < 4.78 is 0. The Balaban J connectivity index is 2.38. The molecule has 1 aromatic carbocycles. The van der Waals surface area contributed by atoms with Gasteiger partial charge < -0.3 is 32.7 Å². The van der Waals surface area contributed by atoms with Gasteiger partial charge in [-0.25, -0.2) is 10.9 Å². The lowest BCUT2D eigenvalue weighted by atomic mass is 10.0. The maximum absolute atomic E-state index is 12.6. The quantitative estimate of drug-likeness (QED) is 0.0235. The topological polar surface area (TPSA) is 273 Å². The monoisotopic (exact) mass is 753 g/mol. The third-order valence-electron chi connectivity index (χ3n) is 7.37. The summed E-state index contributed by atoms with van der Waals surface area (Å²) in [5.74, 6) is -4.97. The number of hydrazine groups is 1. The molecule has 0 aliphatic rings. The summed E-state index contributed by atoms with van der Waals surface area (Å²) in [4.78, 5) is 98.3. The van der Waals surface area contributed by atoms with Gasteiger partial charge in [-0.15, -0.1) is 0 Å². The van der Waals surface area contributed by atoms with Gasteiger partial charge in [-0.2, -0.15) is 25.3 Å². The molecule has 0 aliphatic heterocycles. The number of amides is 4. The summed E-state index contributed by atoms with van der Waals surface area (Å²) in [5.41, 5.74) is 17.3. The summed E-state index contributed by atoms with van der Waals surface area (Å²) in [6, 6.07) is 4.83. The second-order valence-electron chi connectivity index (χ2n) is 12.1. The van der Waals surface area contributed by atoms with Crippen molar-refractivity contribution in [2.75, 3.05) is 44.2 Å². The number of nitrogens with two attached hydrogens (primary N) is 2. The molecule has 11 N–H and O–H groups in total. The molecule has 0 heterocycles. The van der Waals surface area contributed by atoms with Crippen molar-refractivity contribution in [1.29, 1.82) is 0 Å². The number of carbonyl (C=O) groups is 8. The number of Topliss-reactive ketones (excluding diaryl/α,β-unsaturated/α-hetero) is 4. The van der Waals surface area contributed by atoms with Crippen LogP contribution in [0.25, 0.3) is 0 Å². The summed E-state index contributed by atoms with van der Waals surface area (Å²) in [6.07, 6.45) is 0.726. The first-order valence-electron chi connectivity index (χ1n) is 16.3. The summed E-state index contributed by atoms with van der Waals surface area (Å²) in [7, 11) is 0. The molecule has 17 nitrogen and oxygen atoms in total. The SMILES string of the molecule is CC(C)C[C@H](NCC(=O)[C@H](C)NCC(=O)[C@H](CS)NNCC(=O)C(=O)CNC(=O)CNC(=O)[C@H](CS)NC(=O)[C@@H](N)Cc1ccccc1)C(N)=O. The maximum Gasteiger partial charge on any atom is 0.243 e. The van der Waals surface area contributed by atoms with Gasteiger partial charge in [0, 0.05) is 11.5 Å². The van der Waals surface area contributed by atoms with Crippen LogP contribution in [0.15, 0.2) is 30.3 Å². The molecule has 0 unspecified atom stereocenters. The van der Waals surface area contributed by atoms with Gasteiger partial charge in [0.25, 0.3) is 0 Å². The number of rotatable bonds is 27. The highest BCUT2D eigenvalue weighted by atomic mass is 32.1. The van der Waals surface area contributed by atoms with Crippen molar-refractivity contribution in [1.82, 2.24) is 37.4 Å². The zero-order valence-electron chi connectivity index (χ0n) is 29.0. The fraction of sp³-hybridized carbons (Fsp3) is 0.562. The average molecular weight is 754 g/mol. The normalized spacial score (nSPS) is 14.0. The number of hydrogen-bond donors (Lipinski definition) is 11. The van der Waals surface area contributed by atoms with Gasteiger partial charge in [0.2, 0.25) is 35.2 Å². The summed E-state index contributed by atoms with van der Waals surface area (Å²) >= 11 is 8.21. The Labute approximate surface area is 308 Å². The van der Waals surface area contributed by atoms with E-state index in [9.17, 15) is 38.4 Å². The fourth-order valence-electron chi connectivity index (χ4n) is 4.28. The van der Waals surface area contributed by atoms with Gasteiger partial charge in [-0.05, 0) is 31.2 Å². The molecule has 0 spiro atoms. The van der Waals surface area contributed by atoms with Gasteiger partial charge in [0.15, 0.2) is 11.6 Å². The van der Waals surface area contributed by atoms with E-state index in [0.29, 0.717) is 6.42 Å². The van der Waals surface area contributed by atoms with Crippen molar-refractivity contribution in [3.05, 3.63) is 35.9 Å². The Morgan fingerprint density at radius 3 is 1.90 bits per heavy atom. The molecule has 51 heavy (non-hydrogen) atoms. The molecule has 284 valence electrons. The molecule has 1 rings (SSSR count). The summed E-state index contributed by atoms with van der Waals surface area (Å²) in [5, 5.41) is 12.7. The molecule has 0 radical (unpaired) electrons. The number of benzene rings is 1. The predicted octanol–water partition coefficient (Wildman–Crippen LogP) is -3.66. The van der Waals surface area contributed by atoms with E-state index >= 15 is 0 Å². The van der Waals surface area contributed by atoms with Gasteiger partial charge in [0.05, 0.1) is 56.9 Å². The van der Waals surface area contributed by atoms with Crippen LogP contribution in [0.1, 0.15) is 32.8 Å². The van der Waals surface area contributed by atoms with Crippen molar-refractivity contribution in [2.45, 2.75) is 63.8 Å². The van der Waals surface area contributed by atoms with Crippen LogP contribution in [-0.2, 0) is 44.8 Å². The number of thiol groups is 2. The van der Waals surface area contributed by atoms with E-state index in [1.54, 1.807) is 6.92 Å². The first-order valence-corrected chi connectivity index (χ1v) is 17.6. The standard InChI is InChI=1S/C32H51N9O8S2/c1-18(2)9-22(30(34)47)36-11-25(42)19(3)35-12-26(43)23(16-50)41-39-14-28(45)27(44)13-37-29(46)15-38-32(49)24(17-51)40-31(48)21(33)10-20-7-5-4-6-8-20/h4-8,18-19,21-24,35-36,39,41,50-51H,9-17,33H2,1-3H3,(H2,34,47)(H,37,46)(H,38,49)(H,40,48)/t19-,21-,22-,23-,24-/m0/s1. The van der Waals surface area contributed by atoms with Gasteiger partial charge in [0.1, 0.15) is 6.04 Å². The predicted molar refractivity (Wildman–Crippen MR) is 197 cm³/mol.